The van der Waals surface area contributed by atoms with Gasteiger partial charge in [-0.1, -0.05) is 0 Å². The zero-order chi connectivity index (χ0) is 7.68. The van der Waals surface area contributed by atoms with E-state index < -0.39 is 0 Å². The first kappa shape index (κ1) is 6.39. The number of rotatable bonds is 2. The van der Waals surface area contributed by atoms with Crippen molar-refractivity contribution in [3.05, 3.63) is 18.4 Å². The van der Waals surface area contributed by atoms with Gasteiger partial charge in [0.2, 0.25) is 0 Å². The molecular weight excluding hydrogens is 146 g/mol. The highest BCUT2D eigenvalue weighted by Gasteiger charge is 2.27. The summed E-state index contributed by atoms with van der Waals surface area (Å²) < 4.78 is 9.57. The summed E-state index contributed by atoms with van der Waals surface area (Å²) in [5.41, 5.74) is 0.247. The Morgan fingerprint density at radius 3 is 3.09 bits per heavy atom. The van der Waals surface area contributed by atoms with E-state index in [-0.39, 0.29) is 17.8 Å². The van der Waals surface area contributed by atoms with Crippen molar-refractivity contribution in [3.63, 3.8) is 0 Å². The molecule has 2 rings (SSSR count). The van der Waals surface area contributed by atoms with Gasteiger partial charge >= 0.3 is 5.97 Å². The molecule has 0 bridgehead atoms. The van der Waals surface area contributed by atoms with Gasteiger partial charge in [-0.05, 0) is 12.8 Å². The molecule has 0 aliphatic heterocycles. The van der Waals surface area contributed by atoms with Crippen molar-refractivity contribution >= 4 is 5.97 Å². The summed E-state index contributed by atoms with van der Waals surface area (Å²) in [7, 11) is 0. The van der Waals surface area contributed by atoms with Crippen LogP contribution in [0, 0.1) is 0 Å². The fourth-order valence-electron chi connectivity index (χ4n) is 0.711. The minimum Gasteiger partial charge on any atom is -0.458 e. The van der Waals surface area contributed by atoms with Crippen LogP contribution in [0.4, 0.5) is 0 Å². The Hall–Kier alpha value is -1.32. The number of ether oxygens (including phenoxy) is 1. The number of esters is 1. The maximum Gasteiger partial charge on any atom is 0.360 e. The van der Waals surface area contributed by atoms with Crippen LogP contribution in [0.1, 0.15) is 23.3 Å². The molecule has 1 heterocycles. The lowest BCUT2D eigenvalue weighted by atomic mass is 10.5. The van der Waals surface area contributed by atoms with Crippen LogP contribution >= 0.6 is 0 Å². The molecule has 1 fully saturated rings. The lowest BCUT2D eigenvalue weighted by Gasteiger charge is -1.96. The Labute approximate surface area is 63.2 Å². The lowest BCUT2D eigenvalue weighted by molar-refractivity contribution is 0.0465. The fourth-order valence-corrected chi connectivity index (χ4v) is 0.711. The minimum atomic E-state index is -0.388. The minimum absolute atomic E-state index is 0.124. The zero-order valence-electron chi connectivity index (χ0n) is 5.82. The quantitative estimate of drug-likeness (QED) is 0.594. The van der Waals surface area contributed by atoms with Crippen molar-refractivity contribution in [2.45, 2.75) is 18.9 Å². The first-order valence-electron chi connectivity index (χ1n) is 3.45. The summed E-state index contributed by atoms with van der Waals surface area (Å²) >= 11 is 0. The second kappa shape index (κ2) is 2.38. The molecule has 1 aliphatic carbocycles. The van der Waals surface area contributed by atoms with Crippen LogP contribution in [0.5, 0.6) is 0 Å². The second-order valence-electron chi connectivity index (χ2n) is 2.48. The van der Waals surface area contributed by atoms with E-state index in [1.807, 2.05) is 0 Å². The van der Waals surface area contributed by atoms with Crippen molar-refractivity contribution in [1.29, 1.82) is 0 Å². The predicted molar refractivity (Wildman–Crippen MR) is 34.9 cm³/mol. The van der Waals surface area contributed by atoms with Crippen LogP contribution in [0.2, 0.25) is 0 Å². The van der Waals surface area contributed by atoms with Gasteiger partial charge in [-0.2, -0.15) is 0 Å². The summed E-state index contributed by atoms with van der Waals surface area (Å²) in [4.78, 5) is 14.7. The SMILES string of the molecule is O=C(OC1CC1)c1cocn1. The zero-order valence-corrected chi connectivity index (χ0v) is 5.82. The third kappa shape index (κ3) is 1.39. The Morgan fingerprint density at radius 1 is 1.73 bits per heavy atom. The molecular formula is C7H7NO3. The highest BCUT2D eigenvalue weighted by Crippen LogP contribution is 2.24. The molecule has 0 atom stereocenters. The first-order valence-corrected chi connectivity index (χ1v) is 3.45. The number of hydrogen-bond donors (Lipinski definition) is 0. The molecule has 0 N–H and O–H groups in total. The average Bonchev–Trinajstić information content (AvgIpc) is 2.67. The van der Waals surface area contributed by atoms with Crippen LogP contribution in [-0.4, -0.2) is 17.1 Å². The van der Waals surface area contributed by atoms with Gasteiger partial charge in [0, 0.05) is 0 Å². The normalized spacial score (nSPS) is 16.4. The lowest BCUT2D eigenvalue weighted by Crippen LogP contribution is -2.06. The molecule has 1 saturated carbocycles. The Balaban J connectivity index is 1.99. The van der Waals surface area contributed by atoms with E-state index in [0.29, 0.717) is 0 Å². The summed E-state index contributed by atoms with van der Waals surface area (Å²) in [5.74, 6) is -0.388. The van der Waals surface area contributed by atoms with Gasteiger partial charge < -0.3 is 9.15 Å². The maximum atomic E-state index is 11.0. The van der Waals surface area contributed by atoms with Gasteiger partial charge in [-0.25, -0.2) is 9.78 Å². The molecule has 0 saturated heterocycles. The summed E-state index contributed by atoms with van der Waals surface area (Å²) in [6.07, 6.45) is 4.57. The molecule has 1 aromatic heterocycles. The summed E-state index contributed by atoms with van der Waals surface area (Å²) in [5, 5.41) is 0. The third-order valence-corrected chi connectivity index (χ3v) is 1.44. The van der Waals surface area contributed by atoms with E-state index in [2.05, 4.69) is 9.40 Å². The van der Waals surface area contributed by atoms with Crippen molar-refractivity contribution in [1.82, 2.24) is 4.98 Å². The Morgan fingerprint density at radius 2 is 2.55 bits per heavy atom. The van der Waals surface area contributed by atoms with E-state index in [4.69, 9.17) is 4.74 Å². The monoisotopic (exact) mass is 153 g/mol. The second-order valence-corrected chi connectivity index (χ2v) is 2.48. The van der Waals surface area contributed by atoms with Crippen molar-refractivity contribution < 1.29 is 13.9 Å². The van der Waals surface area contributed by atoms with E-state index in [9.17, 15) is 4.79 Å². The van der Waals surface area contributed by atoms with Gasteiger partial charge in [-0.3, -0.25) is 0 Å². The van der Waals surface area contributed by atoms with Crippen molar-refractivity contribution in [3.8, 4) is 0 Å². The van der Waals surface area contributed by atoms with Gasteiger partial charge in [0.05, 0.1) is 0 Å². The first-order chi connectivity index (χ1) is 5.36. The van der Waals surface area contributed by atoms with E-state index in [0.717, 1.165) is 12.8 Å². The van der Waals surface area contributed by atoms with Crippen molar-refractivity contribution in [2.24, 2.45) is 0 Å². The largest absolute Gasteiger partial charge is 0.458 e. The topological polar surface area (TPSA) is 52.3 Å². The highest BCUT2D eigenvalue weighted by molar-refractivity contribution is 5.86. The van der Waals surface area contributed by atoms with Gasteiger partial charge in [0.15, 0.2) is 12.1 Å². The highest BCUT2D eigenvalue weighted by atomic mass is 16.5. The van der Waals surface area contributed by atoms with Crippen LogP contribution in [0.15, 0.2) is 17.1 Å². The average molecular weight is 153 g/mol. The maximum absolute atomic E-state index is 11.0. The Bertz CT molecular complexity index is 251. The van der Waals surface area contributed by atoms with Gasteiger partial charge in [0.1, 0.15) is 12.4 Å². The number of aromatic nitrogens is 1. The molecule has 4 heteroatoms. The van der Waals surface area contributed by atoms with Crippen LogP contribution in [0.25, 0.3) is 0 Å². The van der Waals surface area contributed by atoms with Crippen LogP contribution in [-0.2, 0) is 4.74 Å². The van der Waals surface area contributed by atoms with Gasteiger partial charge in [0.25, 0.3) is 0 Å². The summed E-state index contributed by atoms with van der Waals surface area (Å²) in [6.45, 7) is 0. The van der Waals surface area contributed by atoms with E-state index in [1.54, 1.807) is 0 Å². The number of nitrogens with zero attached hydrogens (tertiary/aromatic N) is 1. The molecule has 1 aliphatic rings. The van der Waals surface area contributed by atoms with Crippen LogP contribution < -0.4 is 0 Å². The molecule has 0 amide bonds. The third-order valence-electron chi connectivity index (χ3n) is 1.44. The number of carbonyl (C=O) groups is 1. The number of oxazole rings is 1. The number of carbonyl (C=O) groups excluding carboxylic acids is 1. The fraction of sp³-hybridized carbons (Fsp3) is 0.429. The van der Waals surface area contributed by atoms with Gasteiger partial charge in [-0.15, -0.1) is 0 Å². The molecule has 0 unspecified atom stereocenters. The molecule has 11 heavy (non-hydrogen) atoms. The molecule has 4 nitrogen and oxygen atoms in total. The molecule has 1 aromatic rings. The smallest absolute Gasteiger partial charge is 0.360 e. The van der Waals surface area contributed by atoms with Crippen molar-refractivity contribution in [2.75, 3.05) is 0 Å². The summed E-state index contributed by atoms with van der Waals surface area (Å²) in [6, 6.07) is 0. The molecule has 0 aromatic carbocycles. The number of hydrogen-bond acceptors (Lipinski definition) is 4. The predicted octanol–water partition coefficient (Wildman–Crippen LogP) is 0.994. The molecule has 0 spiro atoms. The molecule has 0 radical (unpaired) electrons. The molecule has 58 valence electrons. The van der Waals surface area contributed by atoms with Crippen LogP contribution in [0.3, 0.4) is 0 Å². The Kier molecular flexibility index (Phi) is 1.38. The standard InChI is InChI=1S/C7H7NO3/c9-7(11-5-1-2-5)6-3-10-4-8-6/h3-5H,1-2H2. The van der Waals surface area contributed by atoms with E-state index in [1.165, 1.54) is 12.7 Å². The van der Waals surface area contributed by atoms with E-state index >= 15 is 0 Å².